The third-order valence-electron chi connectivity index (χ3n) is 5.44. The van der Waals surface area contributed by atoms with Crippen LogP contribution in [0.1, 0.15) is 29.2 Å². The van der Waals surface area contributed by atoms with Gasteiger partial charge in [0.15, 0.2) is 11.5 Å². The first kappa shape index (κ1) is 25.7. The minimum Gasteiger partial charge on any atom is -0.493 e. The quantitative estimate of drug-likeness (QED) is 0.364. The number of amides is 1. The van der Waals surface area contributed by atoms with Crippen LogP contribution in [0.4, 0.5) is 0 Å². The average Bonchev–Trinajstić information content (AvgIpc) is 2.91. The van der Waals surface area contributed by atoms with Crippen molar-refractivity contribution in [1.82, 2.24) is 5.32 Å². The molecule has 0 spiro atoms. The number of nitrogens with one attached hydrogen (secondary N) is 1. The van der Waals surface area contributed by atoms with E-state index in [1.807, 2.05) is 72.8 Å². The summed E-state index contributed by atoms with van der Waals surface area (Å²) in [4.78, 5) is 12.5. The van der Waals surface area contributed by atoms with Crippen LogP contribution < -0.4 is 19.5 Å². The van der Waals surface area contributed by atoms with Gasteiger partial charge in [0.25, 0.3) is 0 Å². The van der Waals surface area contributed by atoms with E-state index in [-0.39, 0.29) is 18.6 Å². The van der Waals surface area contributed by atoms with Gasteiger partial charge in [0.2, 0.25) is 5.91 Å². The van der Waals surface area contributed by atoms with Crippen LogP contribution in [0.15, 0.2) is 72.8 Å². The van der Waals surface area contributed by atoms with Gasteiger partial charge in [-0.3, -0.25) is 4.79 Å². The van der Waals surface area contributed by atoms with E-state index < -0.39 is 0 Å². The van der Waals surface area contributed by atoms with E-state index in [4.69, 9.17) is 25.4 Å². The topological polar surface area (TPSA) is 66.0 Å². The summed E-state index contributed by atoms with van der Waals surface area (Å²) in [5.41, 5.74) is 3.00. The Kier molecular flexibility index (Phi) is 10.0. The van der Waals surface area contributed by atoms with Crippen molar-refractivity contribution in [2.24, 2.45) is 0 Å². The van der Waals surface area contributed by atoms with E-state index in [0.29, 0.717) is 37.5 Å². The number of hydrogen-bond donors (Lipinski definition) is 1. The number of hydrogen-bond acceptors (Lipinski definition) is 5. The lowest BCUT2D eigenvalue weighted by molar-refractivity contribution is -0.121. The van der Waals surface area contributed by atoms with E-state index in [1.54, 1.807) is 14.2 Å². The number of terminal acetylenes is 1. The molecule has 1 amide bonds. The van der Waals surface area contributed by atoms with Crippen LogP contribution >= 0.6 is 0 Å². The fourth-order valence-corrected chi connectivity index (χ4v) is 3.53. The summed E-state index contributed by atoms with van der Waals surface area (Å²) in [5, 5.41) is 2.95. The Labute approximate surface area is 207 Å². The Hall–Kier alpha value is -3.95. The molecule has 0 aliphatic carbocycles. The van der Waals surface area contributed by atoms with Crippen LogP contribution in [-0.2, 0) is 22.6 Å². The standard InChI is InChI=1S/C29H31NO5/c1-4-18-34-28(24-12-14-25(15-13-24)35-21-23-8-6-5-7-9-23)20-30-29(31)17-11-22-10-16-26(32-2)27(19-22)33-3/h1,5-10,12-16,19,28H,11,17-18,20-21H2,2-3H3,(H,30,31). The predicted octanol–water partition coefficient (Wildman–Crippen LogP) is 4.72. The van der Waals surface area contributed by atoms with Gasteiger partial charge in [-0.05, 0) is 47.4 Å². The molecule has 0 radical (unpaired) electrons. The summed E-state index contributed by atoms with van der Waals surface area (Å²) < 4.78 is 22.2. The largest absolute Gasteiger partial charge is 0.493 e. The summed E-state index contributed by atoms with van der Waals surface area (Å²) in [6.07, 6.45) is 5.94. The number of aryl methyl sites for hydroxylation is 1. The SMILES string of the molecule is C#CCOC(CNC(=O)CCc1ccc(OC)c(OC)c1)c1ccc(OCc2ccccc2)cc1. The Balaban J connectivity index is 1.52. The van der Waals surface area contributed by atoms with Crippen LogP contribution in [0.25, 0.3) is 0 Å². The molecule has 6 heteroatoms. The first-order valence-electron chi connectivity index (χ1n) is 11.4. The summed E-state index contributed by atoms with van der Waals surface area (Å²) in [5.74, 6) is 4.48. The highest BCUT2D eigenvalue weighted by Crippen LogP contribution is 2.28. The zero-order valence-corrected chi connectivity index (χ0v) is 20.2. The van der Waals surface area contributed by atoms with E-state index in [1.165, 1.54) is 0 Å². The second-order valence-corrected chi connectivity index (χ2v) is 7.84. The van der Waals surface area contributed by atoms with Gasteiger partial charge in [-0.25, -0.2) is 0 Å². The molecule has 0 saturated carbocycles. The Bertz CT molecular complexity index is 1110. The molecule has 1 N–H and O–H groups in total. The Morgan fingerprint density at radius 1 is 0.943 bits per heavy atom. The van der Waals surface area contributed by atoms with Gasteiger partial charge >= 0.3 is 0 Å². The molecule has 182 valence electrons. The molecule has 0 aromatic heterocycles. The lowest BCUT2D eigenvalue weighted by Crippen LogP contribution is -2.29. The summed E-state index contributed by atoms with van der Waals surface area (Å²) in [7, 11) is 3.18. The fraction of sp³-hybridized carbons (Fsp3) is 0.276. The number of carbonyl (C=O) groups is 1. The highest BCUT2D eigenvalue weighted by Gasteiger charge is 2.14. The molecule has 0 heterocycles. The maximum absolute atomic E-state index is 12.5. The molecule has 6 nitrogen and oxygen atoms in total. The van der Waals surface area contributed by atoms with Gasteiger partial charge in [0, 0.05) is 13.0 Å². The van der Waals surface area contributed by atoms with E-state index >= 15 is 0 Å². The molecule has 1 unspecified atom stereocenters. The lowest BCUT2D eigenvalue weighted by atomic mass is 10.1. The molecule has 0 aliphatic heterocycles. The molecule has 0 aliphatic rings. The van der Waals surface area contributed by atoms with Crippen LogP contribution in [0.5, 0.6) is 17.2 Å². The van der Waals surface area contributed by atoms with Gasteiger partial charge in [0.05, 0.1) is 14.2 Å². The smallest absolute Gasteiger partial charge is 0.220 e. The molecule has 3 rings (SSSR count). The summed E-state index contributed by atoms with van der Waals surface area (Å²) >= 11 is 0. The molecule has 0 bridgehead atoms. The Morgan fingerprint density at radius 2 is 1.69 bits per heavy atom. The van der Waals surface area contributed by atoms with E-state index in [9.17, 15) is 4.79 Å². The number of ether oxygens (including phenoxy) is 4. The normalized spacial score (nSPS) is 11.2. The van der Waals surface area contributed by atoms with Crippen molar-refractivity contribution in [2.45, 2.75) is 25.6 Å². The van der Waals surface area contributed by atoms with Crippen LogP contribution in [0.2, 0.25) is 0 Å². The molecular formula is C29H31NO5. The number of rotatable bonds is 13. The predicted molar refractivity (Wildman–Crippen MR) is 136 cm³/mol. The minimum atomic E-state index is -0.362. The summed E-state index contributed by atoms with van der Waals surface area (Å²) in [6, 6.07) is 23.3. The molecule has 35 heavy (non-hydrogen) atoms. The van der Waals surface area contributed by atoms with Gasteiger partial charge in [-0.1, -0.05) is 54.5 Å². The van der Waals surface area contributed by atoms with Crippen LogP contribution in [0, 0.1) is 12.3 Å². The second kappa shape index (κ2) is 13.7. The monoisotopic (exact) mass is 473 g/mol. The van der Waals surface area contributed by atoms with Crippen LogP contribution in [-0.4, -0.2) is 33.3 Å². The molecule has 3 aromatic carbocycles. The summed E-state index contributed by atoms with van der Waals surface area (Å²) in [6.45, 7) is 0.961. The number of benzene rings is 3. The third-order valence-corrected chi connectivity index (χ3v) is 5.44. The second-order valence-electron chi connectivity index (χ2n) is 7.84. The maximum atomic E-state index is 12.5. The van der Waals surface area contributed by atoms with Crippen LogP contribution in [0.3, 0.4) is 0 Å². The first-order chi connectivity index (χ1) is 17.1. The lowest BCUT2D eigenvalue weighted by Gasteiger charge is -2.18. The van der Waals surface area contributed by atoms with Crippen molar-refractivity contribution in [3.63, 3.8) is 0 Å². The highest BCUT2D eigenvalue weighted by molar-refractivity contribution is 5.76. The zero-order valence-electron chi connectivity index (χ0n) is 20.2. The third kappa shape index (κ3) is 8.09. The number of carbonyl (C=O) groups excluding carboxylic acids is 1. The highest BCUT2D eigenvalue weighted by atomic mass is 16.5. The van der Waals surface area contributed by atoms with Gasteiger partial charge in [0.1, 0.15) is 25.1 Å². The van der Waals surface area contributed by atoms with Gasteiger partial charge < -0.3 is 24.3 Å². The first-order valence-corrected chi connectivity index (χ1v) is 11.4. The molecule has 1 atom stereocenters. The van der Waals surface area contributed by atoms with Crippen molar-refractivity contribution < 1.29 is 23.7 Å². The number of methoxy groups -OCH3 is 2. The van der Waals surface area contributed by atoms with Crippen molar-refractivity contribution in [3.8, 4) is 29.6 Å². The molecule has 3 aromatic rings. The van der Waals surface area contributed by atoms with E-state index in [0.717, 1.165) is 22.4 Å². The van der Waals surface area contributed by atoms with Crippen molar-refractivity contribution in [2.75, 3.05) is 27.4 Å². The van der Waals surface area contributed by atoms with Crippen molar-refractivity contribution >= 4 is 5.91 Å². The average molecular weight is 474 g/mol. The maximum Gasteiger partial charge on any atom is 0.220 e. The van der Waals surface area contributed by atoms with Crippen molar-refractivity contribution in [1.29, 1.82) is 0 Å². The molecule has 0 fully saturated rings. The van der Waals surface area contributed by atoms with Gasteiger partial charge in [-0.15, -0.1) is 6.42 Å². The molecular weight excluding hydrogens is 442 g/mol. The van der Waals surface area contributed by atoms with Crippen molar-refractivity contribution in [3.05, 3.63) is 89.5 Å². The van der Waals surface area contributed by atoms with Gasteiger partial charge in [-0.2, -0.15) is 0 Å². The van der Waals surface area contributed by atoms with E-state index in [2.05, 4.69) is 11.2 Å². The molecule has 0 saturated heterocycles. The minimum absolute atomic E-state index is 0.0723. The Morgan fingerprint density at radius 3 is 2.37 bits per heavy atom. The fourth-order valence-electron chi connectivity index (χ4n) is 3.53. The zero-order chi connectivity index (χ0) is 24.9.